The molecular weight excluding hydrogens is 296 g/mol. The van der Waals surface area contributed by atoms with E-state index in [1.165, 1.54) is 11.8 Å². The van der Waals surface area contributed by atoms with E-state index in [0.29, 0.717) is 19.0 Å². The Balaban J connectivity index is 1.90. The van der Waals surface area contributed by atoms with E-state index in [0.717, 1.165) is 21.8 Å². The van der Waals surface area contributed by atoms with Gasteiger partial charge >= 0.3 is 5.97 Å². The van der Waals surface area contributed by atoms with Gasteiger partial charge in [-0.15, -0.1) is 11.8 Å². The first kappa shape index (κ1) is 16.4. The number of carbonyl (C=O) groups is 1. The second-order valence-electron chi connectivity index (χ2n) is 4.80. The lowest BCUT2D eigenvalue weighted by Crippen LogP contribution is -2.06. The van der Waals surface area contributed by atoms with Gasteiger partial charge in [0.05, 0.1) is 12.4 Å². The lowest BCUT2D eigenvalue weighted by Gasteiger charge is -2.10. The van der Waals surface area contributed by atoms with Crippen molar-refractivity contribution < 1.29 is 14.3 Å². The zero-order valence-corrected chi connectivity index (χ0v) is 13.7. The zero-order valence-electron chi connectivity index (χ0n) is 12.9. The van der Waals surface area contributed by atoms with Crippen LogP contribution in [0.2, 0.25) is 0 Å². The van der Waals surface area contributed by atoms with Crippen LogP contribution in [0.3, 0.4) is 0 Å². The fourth-order valence-corrected chi connectivity index (χ4v) is 2.76. The van der Waals surface area contributed by atoms with E-state index in [2.05, 4.69) is 0 Å². The van der Waals surface area contributed by atoms with Crippen molar-refractivity contribution in [1.82, 2.24) is 0 Å². The van der Waals surface area contributed by atoms with Crippen LogP contribution < -0.4 is 4.74 Å². The molecule has 0 saturated heterocycles. The predicted octanol–water partition coefficient (Wildman–Crippen LogP) is 4.23. The van der Waals surface area contributed by atoms with Crippen LogP contribution in [0.25, 0.3) is 0 Å². The summed E-state index contributed by atoms with van der Waals surface area (Å²) in [6.07, 6.45) is 0. The smallest absolute Gasteiger partial charge is 0.316 e. The van der Waals surface area contributed by atoms with Crippen molar-refractivity contribution in [2.75, 3.05) is 12.4 Å². The van der Waals surface area contributed by atoms with Gasteiger partial charge in [0.2, 0.25) is 0 Å². The Bertz CT molecular complexity index is 611. The van der Waals surface area contributed by atoms with E-state index in [1.54, 1.807) is 0 Å². The third kappa shape index (κ3) is 5.11. The van der Waals surface area contributed by atoms with Crippen LogP contribution in [-0.2, 0) is 16.1 Å². The minimum absolute atomic E-state index is 0.184. The molecule has 0 fully saturated rings. The highest BCUT2D eigenvalue weighted by atomic mass is 32.2. The second kappa shape index (κ2) is 8.49. The number of ether oxygens (including phenoxy) is 2. The van der Waals surface area contributed by atoms with Crippen LogP contribution in [0.1, 0.15) is 18.1 Å². The lowest BCUT2D eigenvalue weighted by molar-refractivity contribution is -0.139. The summed E-state index contributed by atoms with van der Waals surface area (Å²) < 4.78 is 10.7. The molecule has 0 aromatic heterocycles. The molecule has 0 N–H and O–H groups in total. The molecule has 116 valence electrons. The van der Waals surface area contributed by atoms with Crippen molar-refractivity contribution in [3.8, 4) is 5.75 Å². The van der Waals surface area contributed by atoms with Gasteiger partial charge in [0.25, 0.3) is 0 Å². The van der Waals surface area contributed by atoms with Gasteiger partial charge in [0, 0.05) is 4.90 Å². The monoisotopic (exact) mass is 316 g/mol. The van der Waals surface area contributed by atoms with E-state index in [4.69, 9.17) is 9.47 Å². The Morgan fingerprint density at radius 3 is 2.59 bits per heavy atom. The highest BCUT2D eigenvalue weighted by Gasteiger charge is 2.06. The summed E-state index contributed by atoms with van der Waals surface area (Å²) in [4.78, 5) is 12.5. The third-order valence-electron chi connectivity index (χ3n) is 3.05. The molecule has 0 amide bonds. The Labute approximate surface area is 135 Å². The summed E-state index contributed by atoms with van der Waals surface area (Å²) in [5, 5.41) is 0. The summed E-state index contributed by atoms with van der Waals surface area (Å²) in [6.45, 7) is 4.80. The van der Waals surface area contributed by atoms with Crippen molar-refractivity contribution in [3.63, 3.8) is 0 Å². The summed E-state index contributed by atoms with van der Waals surface area (Å²) in [6, 6.07) is 16.0. The SMILES string of the molecule is CCOC(=O)CSc1ccc(OCc2ccccc2)cc1C. The largest absolute Gasteiger partial charge is 0.489 e. The average molecular weight is 316 g/mol. The van der Waals surface area contributed by atoms with Gasteiger partial charge in [0.1, 0.15) is 12.4 Å². The van der Waals surface area contributed by atoms with Crippen molar-refractivity contribution in [2.24, 2.45) is 0 Å². The van der Waals surface area contributed by atoms with E-state index < -0.39 is 0 Å². The zero-order chi connectivity index (χ0) is 15.8. The highest BCUT2D eigenvalue weighted by Crippen LogP contribution is 2.26. The Hall–Kier alpha value is -1.94. The predicted molar refractivity (Wildman–Crippen MR) is 89.3 cm³/mol. The Kier molecular flexibility index (Phi) is 6.34. The molecule has 0 saturated carbocycles. The van der Waals surface area contributed by atoms with E-state index in [1.807, 2.05) is 62.4 Å². The number of hydrogen-bond acceptors (Lipinski definition) is 4. The van der Waals surface area contributed by atoms with E-state index in [9.17, 15) is 4.79 Å². The van der Waals surface area contributed by atoms with Gasteiger partial charge in [-0.05, 0) is 43.2 Å². The van der Waals surface area contributed by atoms with Gasteiger partial charge in [-0.3, -0.25) is 4.79 Å². The molecule has 0 aliphatic carbocycles. The average Bonchev–Trinajstić information content (AvgIpc) is 2.53. The minimum atomic E-state index is -0.184. The van der Waals surface area contributed by atoms with Crippen molar-refractivity contribution in [3.05, 3.63) is 59.7 Å². The fraction of sp³-hybridized carbons (Fsp3) is 0.278. The van der Waals surface area contributed by atoms with Gasteiger partial charge in [-0.25, -0.2) is 0 Å². The van der Waals surface area contributed by atoms with E-state index >= 15 is 0 Å². The molecule has 0 bridgehead atoms. The molecular formula is C18H20O3S. The maximum atomic E-state index is 11.4. The normalized spacial score (nSPS) is 10.3. The van der Waals surface area contributed by atoms with Crippen LogP contribution >= 0.6 is 11.8 Å². The molecule has 0 heterocycles. The minimum Gasteiger partial charge on any atom is -0.489 e. The first-order valence-corrected chi connectivity index (χ1v) is 8.23. The number of rotatable bonds is 7. The number of hydrogen-bond donors (Lipinski definition) is 0. The quantitative estimate of drug-likeness (QED) is 0.566. The molecule has 2 rings (SSSR count). The van der Waals surface area contributed by atoms with Gasteiger partial charge in [0.15, 0.2) is 0 Å². The number of benzene rings is 2. The van der Waals surface area contributed by atoms with Crippen molar-refractivity contribution in [1.29, 1.82) is 0 Å². The van der Waals surface area contributed by atoms with Crippen molar-refractivity contribution in [2.45, 2.75) is 25.3 Å². The Morgan fingerprint density at radius 1 is 1.14 bits per heavy atom. The highest BCUT2D eigenvalue weighted by molar-refractivity contribution is 8.00. The van der Waals surface area contributed by atoms with Crippen molar-refractivity contribution >= 4 is 17.7 Å². The summed E-state index contributed by atoms with van der Waals surface area (Å²) in [7, 11) is 0. The molecule has 3 nitrogen and oxygen atoms in total. The lowest BCUT2D eigenvalue weighted by atomic mass is 10.2. The number of esters is 1. The fourth-order valence-electron chi connectivity index (χ4n) is 1.95. The van der Waals surface area contributed by atoms with E-state index in [-0.39, 0.29) is 5.97 Å². The van der Waals surface area contributed by atoms with Gasteiger partial charge < -0.3 is 9.47 Å². The topological polar surface area (TPSA) is 35.5 Å². The van der Waals surface area contributed by atoms with Crippen LogP contribution in [0, 0.1) is 6.92 Å². The molecule has 0 atom stereocenters. The molecule has 0 aliphatic rings. The number of thioether (sulfide) groups is 1. The van der Waals surface area contributed by atoms with Gasteiger partial charge in [-0.1, -0.05) is 30.3 Å². The first-order valence-electron chi connectivity index (χ1n) is 7.25. The maximum Gasteiger partial charge on any atom is 0.316 e. The summed E-state index contributed by atoms with van der Waals surface area (Å²) in [5.74, 6) is 0.983. The van der Waals surface area contributed by atoms with Crippen LogP contribution in [0.5, 0.6) is 5.75 Å². The van der Waals surface area contributed by atoms with Crippen LogP contribution in [0.4, 0.5) is 0 Å². The summed E-state index contributed by atoms with van der Waals surface area (Å²) >= 11 is 1.49. The molecule has 22 heavy (non-hydrogen) atoms. The number of carbonyl (C=O) groups excluding carboxylic acids is 1. The molecule has 2 aromatic rings. The van der Waals surface area contributed by atoms with Gasteiger partial charge in [-0.2, -0.15) is 0 Å². The first-order chi connectivity index (χ1) is 10.7. The standard InChI is InChI=1S/C18H20O3S/c1-3-20-18(19)13-22-17-10-9-16(11-14(17)2)21-12-15-7-5-4-6-8-15/h4-11H,3,12-13H2,1-2H3. The second-order valence-corrected chi connectivity index (χ2v) is 5.81. The molecule has 2 aromatic carbocycles. The molecule has 0 radical (unpaired) electrons. The number of aryl methyl sites for hydroxylation is 1. The molecule has 4 heteroatoms. The van der Waals surface area contributed by atoms with Crippen LogP contribution in [0.15, 0.2) is 53.4 Å². The molecule has 0 unspecified atom stereocenters. The Morgan fingerprint density at radius 2 is 1.91 bits per heavy atom. The third-order valence-corrected chi connectivity index (χ3v) is 4.19. The molecule has 0 aliphatic heterocycles. The van der Waals surface area contributed by atoms with Crippen LogP contribution in [-0.4, -0.2) is 18.3 Å². The molecule has 0 spiro atoms. The maximum absolute atomic E-state index is 11.4. The summed E-state index contributed by atoms with van der Waals surface area (Å²) in [5.41, 5.74) is 2.24.